The maximum atomic E-state index is 9.32. The Kier molecular flexibility index (Phi) is 2.75. The van der Waals surface area contributed by atoms with Gasteiger partial charge >= 0.3 is 59.9 Å². The zero-order valence-electron chi connectivity index (χ0n) is 6.03. The van der Waals surface area contributed by atoms with E-state index < -0.39 is 7.28 Å². The molecular weight excluding hydrogens is 151 g/mol. The van der Waals surface area contributed by atoms with Crippen LogP contribution in [0.2, 0.25) is 0 Å². The fourth-order valence-corrected chi connectivity index (χ4v) is 1.33. The van der Waals surface area contributed by atoms with Crippen molar-refractivity contribution in [2.75, 3.05) is 6.61 Å². The van der Waals surface area contributed by atoms with Crippen molar-refractivity contribution in [3.05, 3.63) is 24.8 Å². The van der Waals surface area contributed by atoms with Gasteiger partial charge in [-0.15, -0.1) is 0 Å². The van der Waals surface area contributed by atoms with Crippen LogP contribution in [0.1, 0.15) is 6.92 Å². The molecule has 2 N–H and O–H groups in total. The standard InChI is InChI=1S/C6H13O3P/c1-4-9-10(7,8,5-2)6-3/h5-8H,2-4H2,1H3. The molecule has 10 heavy (non-hydrogen) atoms. The predicted molar refractivity (Wildman–Crippen MR) is 43.4 cm³/mol. The van der Waals surface area contributed by atoms with Gasteiger partial charge in [-0.25, -0.2) is 0 Å². The second-order valence-electron chi connectivity index (χ2n) is 1.86. The topological polar surface area (TPSA) is 49.7 Å². The molecule has 0 spiro atoms. The second kappa shape index (κ2) is 2.81. The van der Waals surface area contributed by atoms with Crippen molar-refractivity contribution in [1.29, 1.82) is 0 Å². The normalized spacial score (nSPS) is 15.3. The maximum absolute atomic E-state index is 9.32. The SMILES string of the molecule is C=CP(O)(O)(C=C)OCC. The average Bonchev–Trinajstić information content (AvgIpc) is 1.90. The molecule has 0 amide bonds. The van der Waals surface area contributed by atoms with Crippen molar-refractivity contribution >= 4 is 7.28 Å². The summed E-state index contributed by atoms with van der Waals surface area (Å²) >= 11 is 0. The van der Waals surface area contributed by atoms with Crippen LogP contribution in [0.25, 0.3) is 0 Å². The molecule has 0 aromatic carbocycles. The van der Waals surface area contributed by atoms with Gasteiger partial charge in [-0.2, -0.15) is 0 Å². The minimum absolute atomic E-state index is 0.225. The molecule has 0 bridgehead atoms. The minimum atomic E-state index is -4.13. The van der Waals surface area contributed by atoms with Crippen LogP contribution in [0.15, 0.2) is 24.8 Å². The zero-order valence-corrected chi connectivity index (χ0v) is 6.92. The Morgan fingerprint density at radius 2 is 1.80 bits per heavy atom. The number of hydrogen-bond donors (Lipinski definition) is 2. The Morgan fingerprint density at radius 3 is 1.90 bits per heavy atom. The summed E-state index contributed by atoms with van der Waals surface area (Å²) in [5.41, 5.74) is 0. The van der Waals surface area contributed by atoms with Gasteiger partial charge in [0, 0.05) is 0 Å². The first-order valence-corrected chi connectivity index (χ1v) is 5.11. The van der Waals surface area contributed by atoms with Crippen LogP contribution >= 0.6 is 7.28 Å². The van der Waals surface area contributed by atoms with Crippen LogP contribution in [-0.2, 0) is 4.52 Å². The Hall–Kier alpha value is -0.210. The van der Waals surface area contributed by atoms with Gasteiger partial charge in [0.1, 0.15) is 0 Å². The van der Waals surface area contributed by atoms with Crippen LogP contribution in [0.5, 0.6) is 0 Å². The van der Waals surface area contributed by atoms with Gasteiger partial charge in [-0.1, -0.05) is 0 Å². The molecule has 0 rings (SSSR count). The van der Waals surface area contributed by atoms with E-state index in [-0.39, 0.29) is 6.61 Å². The molecule has 0 aromatic heterocycles. The van der Waals surface area contributed by atoms with Gasteiger partial charge in [-0.3, -0.25) is 0 Å². The molecule has 0 unspecified atom stereocenters. The van der Waals surface area contributed by atoms with E-state index in [2.05, 4.69) is 13.2 Å². The molecule has 60 valence electrons. The van der Waals surface area contributed by atoms with Crippen molar-refractivity contribution in [3.8, 4) is 0 Å². The summed E-state index contributed by atoms with van der Waals surface area (Å²) in [5, 5.41) is 0. The van der Waals surface area contributed by atoms with E-state index in [0.29, 0.717) is 0 Å². The van der Waals surface area contributed by atoms with Gasteiger partial charge in [0.25, 0.3) is 0 Å². The molecule has 0 aliphatic carbocycles. The van der Waals surface area contributed by atoms with Crippen molar-refractivity contribution < 1.29 is 14.3 Å². The third kappa shape index (κ3) is 2.20. The van der Waals surface area contributed by atoms with Crippen molar-refractivity contribution in [1.82, 2.24) is 0 Å². The fourth-order valence-electron chi connectivity index (χ4n) is 0.444. The van der Waals surface area contributed by atoms with Crippen LogP contribution < -0.4 is 0 Å². The van der Waals surface area contributed by atoms with Crippen LogP contribution in [0, 0.1) is 0 Å². The fraction of sp³-hybridized carbons (Fsp3) is 0.333. The average molecular weight is 164 g/mol. The van der Waals surface area contributed by atoms with Crippen molar-refractivity contribution in [2.45, 2.75) is 6.92 Å². The summed E-state index contributed by atoms with van der Waals surface area (Å²) in [4.78, 5) is 18.6. The molecule has 0 saturated carbocycles. The third-order valence-corrected chi connectivity index (χ3v) is 3.24. The predicted octanol–water partition coefficient (Wildman–Crippen LogP) is 1.59. The quantitative estimate of drug-likeness (QED) is 0.620. The number of hydrogen-bond acceptors (Lipinski definition) is 3. The van der Waals surface area contributed by atoms with Gasteiger partial charge in [0.2, 0.25) is 0 Å². The van der Waals surface area contributed by atoms with E-state index in [1.54, 1.807) is 6.92 Å². The molecule has 0 radical (unpaired) electrons. The van der Waals surface area contributed by atoms with Crippen molar-refractivity contribution in [2.24, 2.45) is 0 Å². The van der Waals surface area contributed by atoms with Gasteiger partial charge in [-0.05, 0) is 0 Å². The molecule has 4 heteroatoms. The van der Waals surface area contributed by atoms with E-state index >= 15 is 0 Å². The Morgan fingerprint density at radius 1 is 1.40 bits per heavy atom. The monoisotopic (exact) mass is 164 g/mol. The first-order chi connectivity index (χ1) is 4.46. The second-order valence-corrected chi connectivity index (χ2v) is 4.99. The molecule has 0 atom stereocenters. The molecule has 0 saturated heterocycles. The van der Waals surface area contributed by atoms with E-state index in [0.717, 1.165) is 11.6 Å². The molecule has 0 aromatic rings. The summed E-state index contributed by atoms with van der Waals surface area (Å²) in [7, 11) is -4.13. The van der Waals surface area contributed by atoms with Crippen LogP contribution in [0.4, 0.5) is 0 Å². The molecule has 0 aliphatic rings. The van der Waals surface area contributed by atoms with Crippen molar-refractivity contribution in [3.63, 3.8) is 0 Å². The summed E-state index contributed by atoms with van der Waals surface area (Å²) in [5.74, 6) is 2.00. The molecule has 0 heterocycles. The molecule has 0 aliphatic heterocycles. The first-order valence-electron chi connectivity index (χ1n) is 2.91. The first kappa shape index (κ1) is 9.79. The Labute approximate surface area is 60.8 Å². The van der Waals surface area contributed by atoms with Crippen LogP contribution in [0.3, 0.4) is 0 Å². The summed E-state index contributed by atoms with van der Waals surface area (Å²) in [6.45, 7) is 8.40. The van der Waals surface area contributed by atoms with Gasteiger partial charge in [0.05, 0.1) is 0 Å². The Bertz CT molecular complexity index is 141. The Balaban J connectivity index is 4.49. The van der Waals surface area contributed by atoms with Gasteiger partial charge in [0.15, 0.2) is 0 Å². The molecule has 0 fully saturated rings. The summed E-state index contributed by atoms with van der Waals surface area (Å²) in [6, 6.07) is 0. The summed E-state index contributed by atoms with van der Waals surface area (Å²) in [6.07, 6.45) is 0. The van der Waals surface area contributed by atoms with E-state index in [1.165, 1.54) is 0 Å². The molecule has 3 nitrogen and oxygen atoms in total. The number of rotatable bonds is 4. The van der Waals surface area contributed by atoms with Crippen LogP contribution in [-0.4, -0.2) is 16.4 Å². The van der Waals surface area contributed by atoms with E-state index in [9.17, 15) is 9.79 Å². The molecular formula is C6H13O3P. The third-order valence-electron chi connectivity index (χ3n) is 1.08. The zero-order chi connectivity index (χ0) is 8.28. The summed E-state index contributed by atoms with van der Waals surface area (Å²) < 4.78 is 4.72. The van der Waals surface area contributed by atoms with Gasteiger partial charge < -0.3 is 0 Å². The van der Waals surface area contributed by atoms with E-state index in [1.807, 2.05) is 0 Å². The van der Waals surface area contributed by atoms with E-state index in [4.69, 9.17) is 4.52 Å².